The second kappa shape index (κ2) is 7.58. The Morgan fingerprint density at radius 3 is 2.56 bits per heavy atom. The van der Waals surface area contributed by atoms with Crippen LogP contribution in [0.2, 0.25) is 0 Å². The standard InChI is InChI=1S/C24H22N6O2/c1-24(2,32)19-7-4-3-6-18(19)21-25-14-20-22(28-21)29(23(31)27-20)15-16-8-10-17(11-9-16)30-13-5-12-26-30/h3-14,32H,15H2,1-2H3,(H,27,31). The highest BCUT2D eigenvalue weighted by molar-refractivity contribution is 5.74. The minimum atomic E-state index is -1.05. The van der Waals surface area contributed by atoms with Crippen molar-refractivity contribution in [2.45, 2.75) is 26.0 Å². The Labute approximate surface area is 183 Å². The maximum absolute atomic E-state index is 12.7. The van der Waals surface area contributed by atoms with Gasteiger partial charge in [-0.3, -0.25) is 4.57 Å². The van der Waals surface area contributed by atoms with Gasteiger partial charge in [0.05, 0.1) is 24.0 Å². The second-order valence-electron chi connectivity index (χ2n) is 8.17. The average molecular weight is 426 g/mol. The van der Waals surface area contributed by atoms with Crippen molar-refractivity contribution in [1.82, 2.24) is 29.3 Å². The molecule has 5 aromatic rings. The van der Waals surface area contributed by atoms with E-state index in [0.29, 0.717) is 23.5 Å². The molecule has 0 amide bonds. The molecule has 8 heteroatoms. The van der Waals surface area contributed by atoms with E-state index in [-0.39, 0.29) is 5.69 Å². The van der Waals surface area contributed by atoms with Crippen LogP contribution in [0.3, 0.4) is 0 Å². The summed E-state index contributed by atoms with van der Waals surface area (Å²) in [4.78, 5) is 24.6. The summed E-state index contributed by atoms with van der Waals surface area (Å²) in [6, 6.07) is 17.2. The van der Waals surface area contributed by atoms with Gasteiger partial charge in [-0.1, -0.05) is 36.4 Å². The highest BCUT2D eigenvalue weighted by atomic mass is 16.3. The maximum Gasteiger partial charge on any atom is 0.328 e. The molecule has 0 atom stereocenters. The van der Waals surface area contributed by atoms with Gasteiger partial charge >= 0.3 is 5.69 Å². The summed E-state index contributed by atoms with van der Waals surface area (Å²) in [5.41, 5.74) is 3.12. The number of fused-ring (bicyclic) bond motifs is 1. The molecular weight excluding hydrogens is 404 g/mol. The molecule has 2 N–H and O–H groups in total. The molecule has 3 aromatic heterocycles. The molecule has 0 aliphatic heterocycles. The number of aromatic nitrogens is 6. The van der Waals surface area contributed by atoms with Crippen LogP contribution in [0.4, 0.5) is 0 Å². The fraction of sp³-hybridized carbons (Fsp3) is 0.167. The van der Waals surface area contributed by atoms with Crippen LogP contribution < -0.4 is 5.69 Å². The van der Waals surface area contributed by atoms with E-state index in [1.165, 1.54) is 0 Å². The Kier molecular flexibility index (Phi) is 4.71. The van der Waals surface area contributed by atoms with Gasteiger partial charge < -0.3 is 10.1 Å². The molecule has 32 heavy (non-hydrogen) atoms. The van der Waals surface area contributed by atoms with Gasteiger partial charge in [0.2, 0.25) is 0 Å². The normalized spacial score (nSPS) is 11.8. The number of nitrogens with one attached hydrogen (secondary N) is 1. The van der Waals surface area contributed by atoms with Crippen molar-refractivity contribution in [2.75, 3.05) is 0 Å². The minimum absolute atomic E-state index is 0.252. The molecule has 0 fully saturated rings. The third-order valence-electron chi connectivity index (χ3n) is 5.38. The zero-order chi connectivity index (χ0) is 22.3. The quantitative estimate of drug-likeness (QED) is 0.449. The van der Waals surface area contributed by atoms with Gasteiger partial charge in [0.1, 0.15) is 5.52 Å². The van der Waals surface area contributed by atoms with Crippen LogP contribution in [0.25, 0.3) is 28.2 Å². The minimum Gasteiger partial charge on any atom is -0.386 e. The number of imidazole rings is 1. The maximum atomic E-state index is 12.7. The lowest BCUT2D eigenvalue weighted by molar-refractivity contribution is 0.0791. The van der Waals surface area contributed by atoms with Gasteiger partial charge in [-0.05, 0) is 43.2 Å². The fourth-order valence-corrected chi connectivity index (χ4v) is 3.79. The first-order chi connectivity index (χ1) is 15.4. The van der Waals surface area contributed by atoms with Gasteiger partial charge in [0.25, 0.3) is 0 Å². The molecule has 0 spiro atoms. The molecule has 0 unspecified atom stereocenters. The monoisotopic (exact) mass is 426 g/mol. The highest BCUT2D eigenvalue weighted by Gasteiger charge is 2.22. The van der Waals surface area contributed by atoms with E-state index in [0.717, 1.165) is 22.4 Å². The second-order valence-corrected chi connectivity index (χ2v) is 8.17. The van der Waals surface area contributed by atoms with Gasteiger partial charge in [-0.2, -0.15) is 5.10 Å². The summed E-state index contributed by atoms with van der Waals surface area (Å²) < 4.78 is 3.37. The zero-order valence-corrected chi connectivity index (χ0v) is 17.7. The molecule has 0 bridgehead atoms. The van der Waals surface area contributed by atoms with Gasteiger partial charge in [0.15, 0.2) is 11.5 Å². The molecule has 0 radical (unpaired) electrons. The first kappa shape index (κ1) is 19.9. The number of aromatic amines is 1. The van der Waals surface area contributed by atoms with Crippen LogP contribution in [-0.2, 0) is 12.1 Å². The Bertz CT molecular complexity index is 1440. The van der Waals surface area contributed by atoms with E-state index in [2.05, 4.69) is 15.1 Å². The van der Waals surface area contributed by atoms with Crippen molar-refractivity contribution in [2.24, 2.45) is 0 Å². The molecule has 0 saturated carbocycles. The van der Waals surface area contributed by atoms with E-state index >= 15 is 0 Å². The van der Waals surface area contributed by atoms with Crippen LogP contribution in [0.15, 0.2) is 78.0 Å². The molecule has 8 nitrogen and oxygen atoms in total. The number of rotatable bonds is 5. The van der Waals surface area contributed by atoms with Gasteiger partial charge in [-0.25, -0.2) is 19.4 Å². The van der Waals surface area contributed by atoms with Crippen molar-refractivity contribution >= 4 is 11.2 Å². The molecule has 3 heterocycles. The smallest absolute Gasteiger partial charge is 0.328 e. The molecule has 160 valence electrons. The zero-order valence-electron chi connectivity index (χ0n) is 17.7. The van der Waals surface area contributed by atoms with E-state index in [1.807, 2.05) is 60.8 Å². The predicted octanol–water partition coefficient (Wildman–Crippen LogP) is 3.25. The molecule has 0 saturated heterocycles. The first-order valence-corrected chi connectivity index (χ1v) is 10.3. The third kappa shape index (κ3) is 3.61. The summed E-state index contributed by atoms with van der Waals surface area (Å²) in [7, 11) is 0. The SMILES string of the molecule is CC(C)(O)c1ccccc1-c1ncc2[nH]c(=O)n(Cc3ccc(-n4cccn4)cc3)c2n1. The Hall–Kier alpha value is -4.04. The van der Waals surface area contributed by atoms with Crippen LogP contribution in [0, 0.1) is 0 Å². The van der Waals surface area contributed by atoms with Crippen molar-refractivity contribution < 1.29 is 5.11 Å². The van der Waals surface area contributed by atoms with Crippen LogP contribution in [-0.4, -0.2) is 34.4 Å². The van der Waals surface area contributed by atoms with Crippen LogP contribution in [0.1, 0.15) is 25.0 Å². The lowest BCUT2D eigenvalue weighted by atomic mass is 9.93. The number of nitrogens with zero attached hydrogens (tertiary/aromatic N) is 5. The third-order valence-corrected chi connectivity index (χ3v) is 5.38. The first-order valence-electron chi connectivity index (χ1n) is 10.3. The fourth-order valence-electron chi connectivity index (χ4n) is 3.79. The number of benzene rings is 2. The topological polar surface area (TPSA) is 102 Å². The highest BCUT2D eigenvalue weighted by Crippen LogP contribution is 2.30. The lowest BCUT2D eigenvalue weighted by Crippen LogP contribution is -2.18. The molecule has 0 aliphatic rings. The van der Waals surface area contributed by atoms with E-state index in [9.17, 15) is 9.90 Å². The molecular formula is C24H22N6O2. The molecule has 5 rings (SSSR count). The van der Waals surface area contributed by atoms with Crippen LogP contribution >= 0.6 is 0 Å². The van der Waals surface area contributed by atoms with Crippen molar-refractivity contribution in [1.29, 1.82) is 0 Å². The predicted molar refractivity (Wildman–Crippen MR) is 121 cm³/mol. The van der Waals surface area contributed by atoms with Crippen molar-refractivity contribution in [3.8, 4) is 17.1 Å². The summed E-state index contributed by atoms with van der Waals surface area (Å²) in [6.07, 6.45) is 5.22. The molecule has 2 aromatic carbocycles. The number of H-pyrrole nitrogens is 1. The van der Waals surface area contributed by atoms with E-state index in [1.54, 1.807) is 35.5 Å². The average Bonchev–Trinajstić information content (AvgIpc) is 3.42. The Morgan fingerprint density at radius 2 is 1.84 bits per heavy atom. The number of hydrogen-bond donors (Lipinski definition) is 2. The van der Waals surface area contributed by atoms with Gasteiger partial charge in [0, 0.05) is 18.0 Å². The van der Waals surface area contributed by atoms with E-state index < -0.39 is 5.60 Å². The summed E-state index contributed by atoms with van der Waals surface area (Å²) in [5, 5.41) is 14.8. The Morgan fingerprint density at radius 1 is 1.06 bits per heavy atom. The number of aliphatic hydroxyl groups is 1. The van der Waals surface area contributed by atoms with Crippen molar-refractivity contribution in [3.63, 3.8) is 0 Å². The summed E-state index contributed by atoms with van der Waals surface area (Å²) in [5.74, 6) is 0.456. The van der Waals surface area contributed by atoms with E-state index in [4.69, 9.17) is 4.98 Å². The molecule has 0 aliphatic carbocycles. The van der Waals surface area contributed by atoms with Crippen LogP contribution in [0.5, 0.6) is 0 Å². The van der Waals surface area contributed by atoms with Crippen molar-refractivity contribution in [3.05, 3.63) is 94.8 Å². The van der Waals surface area contributed by atoms with Gasteiger partial charge in [-0.15, -0.1) is 0 Å². The summed E-state index contributed by atoms with van der Waals surface area (Å²) >= 11 is 0. The Balaban J connectivity index is 1.54. The number of hydrogen-bond acceptors (Lipinski definition) is 5. The lowest BCUT2D eigenvalue weighted by Gasteiger charge is -2.20. The largest absolute Gasteiger partial charge is 0.386 e. The summed E-state index contributed by atoms with van der Waals surface area (Å²) in [6.45, 7) is 3.81.